The van der Waals surface area contributed by atoms with Crippen molar-refractivity contribution in [3.8, 4) is 0 Å². The van der Waals surface area contributed by atoms with E-state index in [1.165, 1.54) is 0 Å². The molecule has 4 nitrogen and oxygen atoms in total. The van der Waals surface area contributed by atoms with E-state index in [4.69, 9.17) is 11.6 Å². The number of rotatable bonds is 7. The molecule has 0 fully saturated rings. The number of aryl methyl sites for hydroxylation is 1. The summed E-state index contributed by atoms with van der Waals surface area (Å²) in [4.78, 5) is 11.4. The second kappa shape index (κ2) is 7.99. The van der Waals surface area contributed by atoms with Crippen LogP contribution in [0.5, 0.6) is 0 Å². The first-order valence-corrected chi connectivity index (χ1v) is 8.13. The molecule has 1 heterocycles. The van der Waals surface area contributed by atoms with E-state index in [9.17, 15) is 0 Å². The van der Waals surface area contributed by atoms with Gasteiger partial charge in [0, 0.05) is 29.9 Å². The van der Waals surface area contributed by atoms with Crippen molar-refractivity contribution >= 4 is 28.9 Å². The third-order valence-corrected chi connectivity index (χ3v) is 3.47. The number of halogens is 1. The Balaban J connectivity index is 2.25. The maximum Gasteiger partial charge on any atom is 0.136 e. The lowest BCUT2D eigenvalue weighted by Crippen LogP contribution is -2.26. The van der Waals surface area contributed by atoms with Crippen LogP contribution in [0, 0.1) is 6.92 Å². The smallest absolute Gasteiger partial charge is 0.136 e. The Morgan fingerprint density at radius 3 is 2.45 bits per heavy atom. The summed E-state index contributed by atoms with van der Waals surface area (Å²) < 4.78 is 0. The molecule has 0 aliphatic heterocycles. The zero-order chi connectivity index (χ0) is 15.9. The second-order valence-electron chi connectivity index (χ2n) is 5.28. The third kappa shape index (κ3) is 4.60. The summed E-state index contributed by atoms with van der Waals surface area (Å²) in [6.07, 6.45) is 2.19. The summed E-state index contributed by atoms with van der Waals surface area (Å²) in [6, 6.07) is 9.63. The van der Waals surface area contributed by atoms with E-state index in [-0.39, 0.29) is 0 Å². The van der Waals surface area contributed by atoms with Gasteiger partial charge in [0.15, 0.2) is 0 Å². The molecule has 0 aliphatic carbocycles. The molecule has 2 rings (SSSR count). The van der Waals surface area contributed by atoms with Crippen molar-refractivity contribution in [2.45, 2.75) is 33.6 Å². The van der Waals surface area contributed by atoms with Crippen LogP contribution in [0.3, 0.4) is 0 Å². The minimum atomic E-state index is 0.703. The van der Waals surface area contributed by atoms with Crippen molar-refractivity contribution in [2.24, 2.45) is 0 Å². The third-order valence-electron chi connectivity index (χ3n) is 3.23. The zero-order valence-electron chi connectivity index (χ0n) is 13.4. The molecule has 0 saturated carbocycles. The molecule has 0 aliphatic rings. The summed E-state index contributed by atoms with van der Waals surface area (Å²) in [5.74, 6) is 2.53. The second-order valence-corrected chi connectivity index (χ2v) is 5.72. The van der Waals surface area contributed by atoms with Crippen molar-refractivity contribution < 1.29 is 0 Å². The lowest BCUT2D eigenvalue weighted by atomic mass is 10.3. The summed E-state index contributed by atoms with van der Waals surface area (Å²) in [5.41, 5.74) is 0.925. The van der Waals surface area contributed by atoms with Gasteiger partial charge in [-0.25, -0.2) is 9.97 Å². The summed E-state index contributed by atoms with van der Waals surface area (Å²) >= 11 is 6.03. The van der Waals surface area contributed by atoms with E-state index in [1.807, 2.05) is 37.3 Å². The molecule has 0 unspecified atom stereocenters. The topological polar surface area (TPSA) is 41.0 Å². The SMILES string of the molecule is CCCN(CCC)c1cc(Nc2cccc(Cl)c2)nc(C)n1. The lowest BCUT2D eigenvalue weighted by molar-refractivity contribution is 0.730. The van der Waals surface area contributed by atoms with Crippen LogP contribution in [0.25, 0.3) is 0 Å². The van der Waals surface area contributed by atoms with Crippen LogP contribution < -0.4 is 10.2 Å². The monoisotopic (exact) mass is 318 g/mol. The molecular formula is C17H23ClN4. The predicted molar refractivity (Wildman–Crippen MR) is 94.3 cm³/mol. The molecule has 0 bridgehead atoms. The van der Waals surface area contributed by atoms with E-state index in [0.29, 0.717) is 5.02 Å². The number of nitrogens with zero attached hydrogens (tertiary/aromatic N) is 3. The van der Waals surface area contributed by atoms with Gasteiger partial charge in [-0.2, -0.15) is 0 Å². The van der Waals surface area contributed by atoms with Gasteiger partial charge in [-0.15, -0.1) is 0 Å². The minimum Gasteiger partial charge on any atom is -0.356 e. The molecule has 0 radical (unpaired) electrons. The normalized spacial score (nSPS) is 10.5. The van der Waals surface area contributed by atoms with Gasteiger partial charge in [0.2, 0.25) is 0 Å². The highest BCUT2D eigenvalue weighted by atomic mass is 35.5. The van der Waals surface area contributed by atoms with E-state index in [0.717, 1.165) is 49.1 Å². The van der Waals surface area contributed by atoms with E-state index < -0.39 is 0 Å². The molecule has 0 amide bonds. The summed E-state index contributed by atoms with van der Waals surface area (Å²) in [5, 5.41) is 4.01. The average Bonchev–Trinajstić information content (AvgIpc) is 2.46. The van der Waals surface area contributed by atoms with Crippen molar-refractivity contribution in [3.63, 3.8) is 0 Å². The molecule has 0 atom stereocenters. The molecular weight excluding hydrogens is 296 g/mol. The number of anilines is 3. The van der Waals surface area contributed by atoms with Crippen LogP contribution in [0.1, 0.15) is 32.5 Å². The average molecular weight is 319 g/mol. The van der Waals surface area contributed by atoms with E-state index in [1.54, 1.807) is 0 Å². The molecule has 118 valence electrons. The van der Waals surface area contributed by atoms with Gasteiger partial charge in [0.05, 0.1) is 0 Å². The first-order chi connectivity index (χ1) is 10.6. The molecule has 1 aromatic carbocycles. The first kappa shape index (κ1) is 16.6. The minimum absolute atomic E-state index is 0.703. The van der Waals surface area contributed by atoms with Gasteiger partial charge in [-0.3, -0.25) is 0 Å². The van der Waals surface area contributed by atoms with Crippen molar-refractivity contribution in [1.82, 2.24) is 9.97 Å². The van der Waals surface area contributed by atoms with Gasteiger partial charge in [0.1, 0.15) is 17.5 Å². The number of hydrogen-bond acceptors (Lipinski definition) is 4. The van der Waals surface area contributed by atoms with Gasteiger partial charge in [0.25, 0.3) is 0 Å². The summed E-state index contributed by atoms with van der Waals surface area (Å²) in [6.45, 7) is 8.29. The number of aromatic nitrogens is 2. The Kier molecular flexibility index (Phi) is 6.01. The summed E-state index contributed by atoms with van der Waals surface area (Å²) in [7, 11) is 0. The Labute approximate surface area is 137 Å². The van der Waals surface area contributed by atoms with Gasteiger partial charge in [-0.1, -0.05) is 31.5 Å². The quantitative estimate of drug-likeness (QED) is 0.795. The predicted octanol–water partition coefficient (Wildman–Crippen LogP) is 4.81. The fourth-order valence-corrected chi connectivity index (χ4v) is 2.56. The maximum atomic E-state index is 6.03. The number of hydrogen-bond donors (Lipinski definition) is 1. The number of benzene rings is 1. The zero-order valence-corrected chi connectivity index (χ0v) is 14.2. The highest BCUT2D eigenvalue weighted by Crippen LogP contribution is 2.22. The van der Waals surface area contributed by atoms with Gasteiger partial charge < -0.3 is 10.2 Å². The van der Waals surface area contributed by atoms with Gasteiger partial charge in [-0.05, 0) is 38.0 Å². The fourth-order valence-electron chi connectivity index (χ4n) is 2.37. The molecule has 22 heavy (non-hydrogen) atoms. The molecule has 1 N–H and O–H groups in total. The van der Waals surface area contributed by atoms with Crippen molar-refractivity contribution in [1.29, 1.82) is 0 Å². The molecule has 1 aromatic heterocycles. The van der Waals surface area contributed by atoms with Crippen LogP contribution in [-0.4, -0.2) is 23.1 Å². The van der Waals surface area contributed by atoms with Crippen LogP contribution in [0.15, 0.2) is 30.3 Å². The van der Waals surface area contributed by atoms with E-state index >= 15 is 0 Å². The lowest BCUT2D eigenvalue weighted by Gasteiger charge is -2.23. The van der Waals surface area contributed by atoms with Crippen molar-refractivity contribution in [2.75, 3.05) is 23.3 Å². The van der Waals surface area contributed by atoms with Crippen LogP contribution in [-0.2, 0) is 0 Å². The van der Waals surface area contributed by atoms with E-state index in [2.05, 4.69) is 34.0 Å². The first-order valence-electron chi connectivity index (χ1n) is 7.75. The Hall–Kier alpha value is -1.81. The standard InChI is InChI=1S/C17H23ClN4/c1-4-9-22(10-5-2)17-12-16(19-13(3)20-17)21-15-8-6-7-14(18)11-15/h6-8,11-12H,4-5,9-10H2,1-3H3,(H,19,20,21). The fraction of sp³-hybridized carbons (Fsp3) is 0.412. The Bertz CT molecular complexity index is 609. The van der Waals surface area contributed by atoms with Crippen LogP contribution in [0.2, 0.25) is 5.02 Å². The Morgan fingerprint density at radius 1 is 1.09 bits per heavy atom. The highest BCUT2D eigenvalue weighted by molar-refractivity contribution is 6.30. The van der Waals surface area contributed by atoms with Crippen LogP contribution >= 0.6 is 11.6 Å². The molecule has 2 aromatic rings. The highest BCUT2D eigenvalue weighted by Gasteiger charge is 2.09. The number of nitrogens with one attached hydrogen (secondary N) is 1. The molecule has 0 saturated heterocycles. The maximum absolute atomic E-state index is 6.03. The largest absolute Gasteiger partial charge is 0.356 e. The Morgan fingerprint density at radius 2 is 1.82 bits per heavy atom. The van der Waals surface area contributed by atoms with Gasteiger partial charge >= 0.3 is 0 Å². The van der Waals surface area contributed by atoms with Crippen LogP contribution in [0.4, 0.5) is 17.3 Å². The molecule has 5 heteroatoms. The molecule has 0 spiro atoms. The van der Waals surface area contributed by atoms with Crippen molar-refractivity contribution in [3.05, 3.63) is 41.2 Å².